The highest BCUT2D eigenvalue weighted by molar-refractivity contribution is 6.06. The molecule has 0 fully saturated rings. The first-order valence-electron chi connectivity index (χ1n) is 5.45. The lowest BCUT2D eigenvalue weighted by Crippen LogP contribution is -2.20. The number of hydrogen-bond acceptors (Lipinski definition) is 3. The molecule has 2 aromatic rings. The molecule has 0 unspecified atom stereocenters. The second kappa shape index (κ2) is 6.80. The molecule has 2 amide bonds. The van der Waals surface area contributed by atoms with Crippen molar-refractivity contribution in [2.45, 2.75) is 0 Å². The van der Waals surface area contributed by atoms with Crippen molar-refractivity contribution in [1.82, 2.24) is 0 Å². The van der Waals surface area contributed by atoms with Crippen molar-refractivity contribution in [2.24, 2.45) is 11.5 Å². The van der Waals surface area contributed by atoms with Gasteiger partial charge in [0.1, 0.15) is 5.75 Å². The van der Waals surface area contributed by atoms with Crippen molar-refractivity contribution in [3.63, 3.8) is 0 Å². The van der Waals surface area contributed by atoms with Crippen molar-refractivity contribution in [2.75, 3.05) is 0 Å². The Kier molecular flexibility index (Phi) is 5.10. The largest absolute Gasteiger partial charge is 0.508 e. The first kappa shape index (κ1) is 14.2. The maximum Gasteiger partial charge on any atom is 0.249 e. The van der Waals surface area contributed by atoms with Gasteiger partial charge >= 0.3 is 0 Å². The Labute approximate surface area is 110 Å². The third kappa shape index (κ3) is 4.51. The topological polar surface area (TPSA) is 106 Å². The fourth-order valence-electron chi connectivity index (χ4n) is 1.34. The van der Waals surface area contributed by atoms with E-state index in [1.165, 1.54) is 12.1 Å². The minimum Gasteiger partial charge on any atom is -0.508 e. The number of amides is 2. The van der Waals surface area contributed by atoms with E-state index in [4.69, 9.17) is 16.6 Å². The van der Waals surface area contributed by atoms with E-state index in [2.05, 4.69) is 0 Å². The molecule has 19 heavy (non-hydrogen) atoms. The van der Waals surface area contributed by atoms with E-state index in [1.807, 2.05) is 6.07 Å². The van der Waals surface area contributed by atoms with Crippen LogP contribution < -0.4 is 11.5 Å². The Morgan fingerprint density at radius 2 is 1.11 bits per heavy atom. The number of phenols is 1. The van der Waals surface area contributed by atoms with Crippen molar-refractivity contribution in [3.8, 4) is 5.75 Å². The van der Waals surface area contributed by atoms with Crippen LogP contribution in [0.15, 0.2) is 54.6 Å². The Morgan fingerprint density at radius 1 is 0.737 bits per heavy atom. The van der Waals surface area contributed by atoms with Gasteiger partial charge < -0.3 is 16.6 Å². The van der Waals surface area contributed by atoms with Gasteiger partial charge in [0, 0.05) is 0 Å². The molecule has 0 radical (unpaired) electrons. The van der Waals surface area contributed by atoms with Gasteiger partial charge in [0.05, 0.1) is 11.1 Å². The molecule has 0 heterocycles. The third-order valence-corrected chi connectivity index (χ3v) is 2.21. The van der Waals surface area contributed by atoms with Gasteiger partial charge in [-0.3, -0.25) is 9.59 Å². The molecule has 0 bridgehead atoms. The highest BCUT2D eigenvalue weighted by Crippen LogP contribution is 2.06. The summed E-state index contributed by atoms with van der Waals surface area (Å²) in [6.07, 6.45) is 0. The van der Waals surface area contributed by atoms with Crippen LogP contribution in [0.2, 0.25) is 0 Å². The van der Waals surface area contributed by atoms with E-state index in [0.29, 0.717) is 5.75 Å². The molecule has 5 nitrogen and oxygen atoms in total. The van der Waals surface area contributed by atoms with Crippen molar-refractivity contribution in [1.29, 1.82) is 0 Å². The fraction of sp³-hybridized carbons (Fsp3) is 0. The lowest BCUT2D eigenvalue weighted by atomic mass is 10.1. The molecule has 0 aliphatic carbocycles. The summed E-state index contributed by atoms with van der Waals surface area (Å²) < 4.78 is 0. The number of aromatic hydroxyl groups is 1. The SMILES string of the molecule is NC(=O)c1ccccc1C(N)=O.Oc1ccccc1. The lowest BCUT2D eigenvalue weighted by Gasteiger charge is -2.00. The molecular weight excluding hydrogens is 244 g/mol. The standard InChI is InChI=1S/C8H8N2O2.C6H6O/c9-7(11)5-3-1-2-4-6(5)8(10)12;7-6-4-2-1-3-5-6/h1-4H,(H2,9,11)(H2,10,12);1-5,7H. The van der Waals surface area contributed by atoms with Crippen LogP contribution in [0.25, 0.3) is 0 Å². The number of phenolic OH excluding ortho intramolecular Hbond substituents is 1. The normalized spacial score (nSPS) is 9.05. The Hall–Kier alpha value is -2.82. The maximum atomic E-state index is 10.7. The summed E-state index contributed by atoms with van der Waals surface area (Å²) in [6, 6.07) is 14.9. The zero-order valence-corrected chi connectivity index (χ0v) is 10.1. The maximum absolute atomic E-state index is 10.7. The molecule has 0 aliphatic heterocycles. The van der Waals surface area contributed by atoms with Gasteiger partial charge in [0.2, 0.25) is 11.8 Å². The molecule has 5 N–H and O–H groups in total. The Morgan fingerprint density at radius 3 is 1.37 bits per heavy atom. The van der Waals surface area contributed by atoms with Crippen molar-refractivity contribution >= 4 is 11.8 Å². The molecule has 0 saturated heterocycles. The average molecular weight is 258 g/mol. The summed E-state index contributed by atoms with van der Waals surface area (Å²) >= 11 is 0. The summed E-state index contributed by atoms with van der Waals surface area (Å²) in [6.45, 7) is 0. The smallest absolute Gasteiger partial charge is 0.249 e. The van der Waals surface area contributed by atoms with E-state index in [-0.39, 0.29) is 11.1 Å². The second-order valence-electron chi connectivity index (χ2n) is 3.61. The Balaban J connectivity index is 0.000000218. The fourth-order valence-corrected chi connectivity index (χ4v) is 1.34. The first-order chi connectivity index (χ1) is 9.02. The van der Waals surface area contributed by atoms with Crippen LogP contribution >= 0.6 is 0 Å². The number of rotatable bonds is 2. The lowest BCUT2D eigenvalue weighted by molar-refractivity contribution is 0.0967. The minimum absolute atomic E-state index is 0.157. The molecule has 98 valence electrons. The van der Waals surface area contributed by atoms with E-state index in [0.717, 1.165) is 0 Å². The van der Waals surface area contributed by atoms with E-state index in [9.17, 15) is 9.59 Å². The Bertz CT molecular complexity index is 535. The molecule has 2 aromatic carbocycles. The van der Waals surface area contributed by atoms with Gasteiger partial charge in [-0.05, 0) is 24.3 Å². The van der Waals surface area contributed by atoms with Crippen LogP contribution in [0.1, 0.15) is 20.7 Å². The van der Waals surface area contributed by atoms with Crippen LogP contribution in [0.5, 0.6) is 5.75 Å². The van der Waals surface area contributed by atoms with Gasteiger partial charge in [0.15, 0.2) is 0 Å². The van der Waals surface area contributed by atoms with Gasteiger partial charge in [-0.25, -0.2) is 0 Å². The first-order valence-corrected chi connectivity index (χ1v) is 5.45. The predicted molar refractivity (Wildman–Crippen MR) is 71.6 cm³/mol. The van der Waals surface area contributed by atoms with Crippen molar-refractivity contribution < 1.29 is 14.7 Å². The molecule has 0 atom stereocenters. The number of hydrogen-bond donors (Lipinski definition) is 3. The molecule has 0 spiro atoms. The summed E-state index contributed by atoms with van der Waals surface area (Å²) in [5.74, 6) is -0.976. The number of nitrogens with two attached hydrogens (primary N) is 2. The highest BCUT2D eigenvalue weighted by atomic mass is 16.3. The summed E-state index contributed by atoms with van der Waals surface area (Å²) in [4.78, 5) is 21.5. The van der Waals surface area contributed by atoms with Crippen LogP contribution in [0, 0.1) is 0 Å². The second-order valence-corrected chi connectivity index (χ2v) is 3.61. The summed E-state index contributed by atoms with van der Waals surface area (Å²) in [5, 5.41) is 8.63. The molecule has 0 aromatic heterocycles. The van der Waals surface area contributed by atoms with Crippen LogP contribution in [-0.4, -0.2) is 16.9 Å². The summed E-state index contributed by atoms with van der Waals surface area (Å²) in [5.41, 5.74) is 10.3. The van der Waals surface area contributed by atoms with Crippen molar-refractivity contribution in [3.05, 3.63) is 65.7 Å². The minimum atomic E-state index is -0.649. The number of carbonyl (C=O) groups excluding carboxylic acids is 2. The summed E-state index contributed by atoms with van der Waals surface area (Å²) in [7, 11) is 0. The van der Waals surface area contributed by atoms with E-state index >= 15 is 0 Å². The predicted octanol–water partition coefficient (Wildman–Crippen LogP) is 1.28. The van der Waals surface area contributed by atoms with Gasteiger partial charge in [-0.2, -0.15) is 0 Å². The van der Waals surface area contributed by atoms with Gasteiger partial charge in [0.25, 0.3) is 0 Å². The monoisotopic (exact) mass is 258 g/mol. The van der Waals surface area contributed by atoms with Crippen LogP contribution in [0.4, 0.5) is 0 Å². The zero-order chi connectivity index (χ0) is 14.3. The molecular formula is C14H14N2O3. The number of benzene rings is 2. The van der Waals surface area contributed by atoms with E-state index < -0.39 is 11.8 Å². The molecule has 5 heteroatoms. The van der Waals surface area contributed by atoms with E-state index in [1.54, 1.807) is 36.4 Å². The number of carbonyl (C=O) groups is 2. The quantitative estimate of drug-likeness (QED) is 0.755. The molecule has 0 saturated carbocycles. The van der Waals surface area contributed by atoms with Gasteiger partial charge in [-0.15, -0.1) is 0 Å². The van der Waals surface area contributed by atoms with Gasteiger partial charge in [-0.1, -0.05) is 30.3 Å². The number of primary amides is 2. The third-order valence-electron chi connectivity index (χ3n) is 2.21. The molecule has 2 rings (SSSR count). The highest BCUT2D eigenvalue weighted by Gasteiger charge is 2.10. The van der Waals surface area contributed by atoms with Crippen LogP contribution in [0.3, 0.4) is 0 Å². The van der Waals surface area contributed by atoms with Crippen LogP contribution in [-0.2, 0) is 0 Å². The zero-order valence-electron chi connectivity index (χ0n) is 10.1. The number of para-hydroxylation sites is 1. The molecule has 0 aliphatic rings. The average Bonchev–Trinajstić information content (AvgIpc) is 2.40.